The minimum Gasteiger partial charge on any atom is -0.480 e. The first-order valence-corrected chi connectivity index (χ1v) is 8.46. The lowest BCUT2D eigenvalue weighted by Gasteiger charge is -2.15. The number of carboxylic acid groups (broad SMARTS) is 1. The molecule has 1 heterocycles. The van der Waals surface area contributed by atoms with Crippen LogP contribution in [0.3, 0.4) is 0 Å². The van der Waals surface area contributed by atoms with Crippen molar-refractivity contribution in [3.63, 3.8) is 0 Å². The highest BCUT2D eigenvalue weighted by atomic mass is 33.1. The fraction of sp³-hybridized carbons (Fsp3) is 0.231. The van der Waals surface area contributed by atoms with E-state index in [1.165, 1.54) is 6.92 Å². The predicted octanol–water partition coefficient (Wildman–Crippen LogP) is 1.17. The number of carbonyl (C=O) groups excluding carboxylic acids is 3. The summed E-state index contributed by atoms with van der Waals surface area (Å²) in [6.07, 6.45) is 0. The maximum Gasteiger partial charge on any atom is 0.327 e. The van der Waals surface area contributed by atoms with Crippen LogP contribution in [0.15, 0.2) is 24.3 Å². The smallest absolute Gasteiger partial charge is 0.327 e. The first-order chi connectivity index (χ1) is 10.4. The monoisotopic (exact) mass is 340 g/mol. The number of fused-ring (bicyclic) bond motifs is 1. The normalized spacial score (nSPS) is 14.7. The quantitative estimate of drug-likeness (QED) is 0.455. The Morgan fingerprint density at radius 1 is 1.23 bits per heavy atom. The average molecular weight is 340 g/mol. The van der Waals surface area contributed by atoms with Crippen molar-refractivity contribution in [2.75, 3.05) is 5.75 Å². The van der Waals surface area contributed by atoms with Crippen LogP contribution in [0.2, 0.25) is 0 Å². The number of rotatable bonds is 6. The van der Waals surface area contributed by atoms with E-state index in [1.807, 2.05) is 0 Å². The molecule has 0 radical (unpaired) electrons. The van der Waals surface area contributed by atoms with Crippen LogP contribution < -0.4 is 5.32 Å². The van der Waals surface area contributed by atoms with Gasteiger partial charge in [0.25, 0.3) is 11.8 Å². The van der Waals surface area contributed by atoms with Crippen LogP contribution in [-0.4, -0.2) is 44.9 Å². The Labute approximate surface area is 134 Å². The van der Waals surface area contributed by atoms with Crippen LogP contribution in [0.1, 0.15) is 27.6 Å². The van der Waals surface area contributed by atoms with Crippen molar-refractivity contribution >= 4 is 45.5 Å². The Bertz CT molecular complexity index is 614. The van der Waals surface area contributed by atoms with Gasteiger partial charge in [-0.25, -0.2) is 9.10 Å². The van der Waals surface area contributed by atoms with E-state index in [0.717, 1.165) is 26.1 Å². The second kappa shape index (κ2) is 6.84. The fourth-order valence-electron chi connectivity index (χ4n) is 1.81. The summed E-state index contributed by atoms with van der Waals surface area (Å²) in [4.78, 5) is 46.1. The molecule has 1 unspecified atom stereocenters. The molecule has 7 nitrogen and oxygen atoms in total. The van der Waals surface area contributed by atoms with Gasteiger partial charge in [0.05, 0.1) is 11.1 Å². The predicted molar refractivity (Wildman–Crippen MR) is 82.2 cm³/mol. The number of carbonyl (C=O) groups is 4. The molecule has 1 aliphatic rings. The van der Waals surface area contributed by atoms with Gasteiger partial charge in [-0.15, -0.1) is 0 Å². The van der Waals surface area contributed by atoms with Gasteiger partial charge >= 0.3 is 5.97 Å². The molecule has 1 aromatic rings. The molecule has 3 amide bonds. The molecule has 1 atom stereocenters. The first kappa shape index (κ1) is 16.4. The number of benzene rings is 1. The van der Waals surface area contributed by atoms with Crippen molar-refractivity contribution < 1.29 is 24.3 Å². The highest BCUT2D eigenvalue weighted by molar-refractivity contribution is 8.76. The van der Waals surface area contributed by atoms with Crippen LogP contribution in [0.25, 0.3) is 0 Å². The van der Waals surface area contributed by atoms with Crippen molar-refractivity contribution in [1.29, 1.82) is 0 Å². The van der Waals surface area contributed by atoms with E-state index in [4.69, 9.17) is 5.11 Å². The molecule has 9 heteroatoms. The summed E-state index contributed by atoms with van der Waals surface area (Å²) in [5, 5.41) is 11.3. The van der Waals surface area contributed by atoms with E-state index >= 15 is 0 Å². The molecule has 2 rings (SSSR count). The molecule has 22 heavy (non-hydrogen) atoms. The van der Waals surface area contributed by atoms with Crippen molar-refractivity contribution in [3.8, 4) is 0 Å². The van der Waals surface area contributed by atoms with E-state index < -0.39 is 29.7 Å². The van der Waals surface area contributed by atoms with Gasteiger partial charge in [0, 0.05) is 23.7 Å². The number of aliphatic carboxylic acids is 1. The third kappa shape index (κ3) is 3.42. The van der Waals surface area contributed by atoms with E-state index in [2.05, 4.69) is 5.32 Å². The molecule has 2 N–H and O–H groups in total. The van der Waals surface area contributed by atoms with Gasteiger partial charge in [0.15, 0.2) is 0 Å². The molecule has 1 aromatic carbocycles. The molecule has 1 aliphatic heterocycles. The van der Waals surface area contributed by atoms with Crippen LogP contribution in [0, 0.1) is 0 Å². The maximum absolute atomic E-state index is 12.1. The lowest BCUT2D eigenvalue weighted by Crippen LogP contribution is -2.41. The van der Waals surface area contributed by atoms with Gasteiger partial charge in [0.2, 0.25) is 5.91 Å². The lowest BCUT2D eigenvalue weighted by atomic mass is 10.1. The SMILES string of the molecule is CC(=O)NC(CSSN1C(=O)c2ccccc2C1=O)C(=O)O. The van der Waals surface area contributed by atoms with Crippen LogP contribution in [0.4, 0.5) is 0 Å². The van der Waals surface area contributed by atoms with Crippen LogP contribution in [0.5, 0.6) is 0 Å². The zero-order valence-electron chi connectivity index (χ0n) is 11.4. The Kier molecular flexibility index (Phi) is 5.09. The van der Waals surface area contributed by atoms with Crippen molar-refractivity contribution in [1.82, 2.24) is 9.62 Å². The molecule has 0 bridgehead atoms. The Morgan fingerprint density at radius 2 is 1.77 bits per heavy atom. The van der Waals surface area contributed by atoms with E-state index in [1.54, 1.807) is 24.3 Å². The van der Waals surface area contributed by atoms with Crippen molar-refractivity contribution in [2.24, 2.45) is 0 Å². The standard InChI is InChI=1S/C13H12N2O5S2/c1-7(16)14-10(13(19)20)6-21-22-15-11(17)8-4-2-3-5-9(8)12(15)18/h2-5,10H,6H2,1H3,(H,14,16)(H,19,20). The zero-order valence-corrected chi connectivity index (χ0v) is 13.1. The number of nitrogens with one attached hydrogen (secondary N) is 1. The summed E-state index contributed by atoms with van der Waals surface area (Å²) >= 11 is 0. The number of nitrogens with zero attached hydrogens (tertiary/aromatic N) is 1. The maximum atomic E-state index is 12.1. The lowest BCUT2D eigenvalue weighted by molar-refractivity contribution is -0.140. The van der Waals surface area contributed by atoms with Gasteiger partial charge in [0.1, 0.15) is 6.04 Å². The van der Waals surface area contributed by atoms with Crippen LogP contribution in [-0.2, 0) is 9.59 Å². The van der Waals surface area contributed by atoms with Gasteiger partial charge in [-0.05, 0) is 12.1 Å². The summed E-state index contributed by atoms with van der Waals surface area (Å²) < 4.78 is 0.988. The van der Waals surface area contributed by atoms with Gasteiger partial charge in [-0.2, -0.15) is 0 Å². The van der Waals surface area contributed by atoms with E-state index in [0.29, 0.717) is 11.1 Å². The van der Waals surface area contributed by atoms with Crippen molar-refractivity contribution in [2.45, 2.75) is 13.0 Å². The molecule has 116 valence electrons. The zero-order chi connectivity index (χ0) is 16.3. The summed E-state index contributed by atoms with van der Waals surface area (Å²) in [6, 6.07) is 5.40. The van der Waals surface area contributed by atoms with Crippen LogP contribution >= 0.6 is 21.8 Å². The second-order valence-electron chi connectivity index (χ2n) is 4.40. The molecule has 0 spiro atoms. The summed E-state index contributed by atoms with van der Waals surface area (Å²) in [5.74, 6) is -2.47. The number of carboxylic acids is 1. The Hall–Kier alpha value is -2.00. The third-order valence-corrected chi connectivity index (χ3v) is 5.02. The largest absolute Gasteiger partial charge is 0.480 e. The number of amides is 3. The minimum atomic E-state index is -1.18. The van der Waals surface area contributed by atoms with E-state index in [9.17, 15) is 19.2 Å². The van der Waals surface area contributed by atoms with Gasteiger partial charge < -0.3 is 10.4 Å². The van der Waals surface area contributed by atoms with E-state index in [-0.39, 0.29) is 5.75 Å². The summed E-state index contributed by atoms with van der Waals surface area (Å²) in [6.45, 7) is 1.22. The minimum absolute atomic E-state index is 0.0208. The average Bonchev–Trinajstić information content (AvgIpc) is 2.71. The van der Waals surface area contributed by atoms with Crippen molar-refractivity contribution in [3.05, 3.63) is 35.4 Å². The molecular weight excluding hydrogens is 328 g/mol. The molecule has 0 aromatic heterocycles. The number of hydrogen-bond acceptors (Lipinski definition) is 6. The molecular formula is C13H12N2O5S2. The topological polar surface area (TPSA) is 104 Å². The third-order valence-electron chi connectivity index (χ3n) is 2.79. The highest BCUT2D eigenvalue weighted by Gasteiger charge is 2.36. The van der Waals surface area contributed by atoms with Gasteiger partial charge in [-0.3, -0.25) is 14.4 Å². The molecule has 0 fully saturated rings. The second-order valence-corrected chi connectivity index (χ2v) is 6.64. The number of imide groups is 1. The Morgan fingerprint density at radius 3 is 2.23 bits per heavy atom. The first-order valence-electron chi connectivity index (χ1n) is 6.19. The molecule has 0 aliphatic carbocycles. The summed E-state index contributed by atoms with van der Waals surface area (Å²) in [5.41, 5.74) is 0.662. The Balaban J connectivity index is 1.96. The highest BCUT2D eigenvalue weighted by Crippen LogP contribution is 2.34. The fourth-order valence-corrected chi connectivity index (χ4v) is 3.98. The summed E-state index contributed by atoms with van der Waals surface area (Å²) in [7, 11) is 1.88. The molecule has 0 saturated heterocycles. The molecule has 0 saturated carbocycles. The van der Waals surface area contributed by atoms with Gasteiger partial charge in [-0.1, -0.05) is 22.9 Å². The number of hydrogen-bond donors (Lipinski definition) is 2.